The molecule has 0 spiro atoms. The third kappa shape index (κ3) is 4.66. The van der Waals surface area contributed by atoms with Crippen molar-refractivity contribution < 1.29 is 17.9 Å². The van der Waals surface area contributed by atoms with Gasteiger partial charge in [0.1, 0.15) is 0 Å². The van der Waals surface area contributed by atoms with Crippen molar-refractivity contribution in [1.82, 2.24) is 19.2 Å². The van der Waals surface area contributed by atoms with Gasteiger partial charge in [0, 0.05) is 26.2 Å². The van der Waals surface area contributed by atoms with E-state index < -0.39 is 10.0 Å². The summed E-state index contributed by atoms with van der Waals surface area (Å²) in [6.07, 6.45) is 1.63. The lowest BCUT2D eigenvalue weighted by atomic mass is 10.3. The molecule has 2 heterocycles. The fraction of sp³-hybridized carbons (Fsp3) is 0.474. The minimum absolute atomic E-state index is 0.0970. The highest BCUT2D eigenvalue weighted by Crippen LogP contribution is 2.29. The van der Waals surface area contributed by atoms with E-state index in [1.165, 1.54) is 16.1 Å². The number of nitrogens with one attached hydrogen (secondary N) is 1. The quantitative estimate of drug-likeness (QED) is 0.500. The minimum Gasteiger partial charge on any atom is -0.379 e. The highest BCUT2D eigenvalue weighted by molar-refractivity contribution is 8.00. The number of nitrogens with zero attached hydrogens (tertiary/aromatic N) is 3. The van der Waals surface area contributed by atoms with E-state index in [9.17, 15) is 13.2 Å². The van der Waals surface area contributed by atoms with Crippen molar-refractivity contribution in [3.05, 3.63) is 30.9 Å². The molecular formula is C19H26N4O4S2. The lowest BCUT2D eigenvalue weighted by Gasteiger charge is -2.26. The Bertz CT molecular complexity index is 997. The molecule has 1 N–H and O–H groups in total. The molecule has 1 aromatic heterocycles. The van der Waals surface area contributed by atoms with Gasteiger partial charge in [-0.1, -0.05) is 17.8 Å². The Morgan fingerprint density at radius 3 is 2.79 bits per heavy atom. The van der Waals surface area contributed by atoms with Gasteiger partial charge in [-0.05, 0) is 32.0 Å². The number of carbonyl (C=O) groups is 1. The van der Waals surface area contributed by atoms with Gasteiger partial charge in [-0.25, -0.2) is 13.4 Å². The van der Waals surface area contributed by atoms with Crippen LogP contribution in [0, 0.1) is 0 Å². The highest BCUT2D eigenvalue weighted by Gasteiger charge is 2.27. The molecule has 1 saturated heterocycles. The Hall–Kier alpha value is -1.88. The number of amides is 1. The van der Waals surface area contributed by atoms with E-state index in [1.54, 1.807) is 24.3 Å². The Kier molecular flexibility index (Phi) is 6.99. The second-order valence-electron chi connectivity index (χ2n) is 6.60. The Morgan fingerprint density at radius 2 is 2.14 bits per heavy atom. The molecule has 1 aliphatic rings. The van der Waals surface area contributed by atoms with E-state index in [1.807, 2.05) is 18.4 Å². The van der Waals surface area contributed by atoms with E-state index >= 15 is 0 Å². The van der Waals surface area contributed by atoms with Crippen LogP contribution in [0.5, 0.6) is 0 Å². The maximum absolute atomic E-state index is 12.9. The lowest BCUT2D eigenvalue weighted by Crippen LogP contribution is -2.40. The number of aromatic nitrogens is 2. The summed E-state index contributed by atoms with van der Waals surface area (Å²) in [5.41, 5.74) is 1.44. The zero-order chi connectivity index (χ0) is 21.0. The largest absolute Gasteiger partial charge is 0.379 e. The summed E-state index contributed by atoms with van der Waals surface area (Å²) >= 11 is 1.35. The molecular weight excluding hydrogens is 412 g/mol. The number of thioether (sulfide) groups is 1. The lowest BCUT2D eigenvalue weighted by molar-refractivity contribution is -0.120. The summed E-state index contributed by atoms with van der Waals surface area (Å²) in [7, 11) is -3.59. The first-order chi connectivity index (χ1) is 13.9. The third-order valence-corrected chi connectivity index (χ3v) is 7.67. The maximum atomic E-state index is 12.9. The molecule has 158 valence electrons. The van der Waals surface area contributed by atoms with Crippen molar-refractivity contribution in [3.8, 4) is 0 Å². The molecule has 1 unspecified atom stereocenters. The number of sulfonamides is 1. The molecule has 1 atom stereocenters. The predicted octanol–water partition coefficient (Wildman–Crippen LogP) is 1.86. The number of fused-ring (bicyclic) bond motifs is 1. The second kappa shape index (κ2) is 9.29. The molecule has 8 nitrogen and oxygen atoms in total. The van der Waals surface area contributed by atoms with Gasteiger partial charge in [0.2, 0.25) is 15.9 Å². The zero-order valence-corrected chi connectivity index (χ0v) is 18.3. The maximum Gasteiger partial charge on any atom is 0.243 e. The van der Waals surface area contributed by atoms with Crippen molar-refractivity contribution >= 4 is 38.7 Å². The van der Waals surface area contributed by atoms with Crippen molar-refractivity contribution in [2.45, 2.75) is 35.7 Å². The van der Waals surface area contributed by atoms with Crippen molar-refractivity contribution in [2.75, 3.05) is 32.8 Å². The number of benzene rings is 1. The summed E-state index contributed by atoms with van der Waals surface area (Å²) < 4.78 is 34.5. The number of imidazole rings is 1. The van der Waals surface area contributed by atoms with Gasteiger partial charge in [-0.3, -0.25) is 4.79 Å². The van der Waals surface area contributed by atoms with Crippen LogP contribution in [0.4, 0.5) is 0 Å². The molecule has 10 heteroatoms. The smallest absolute Gasteiger partial charge is 0.243 e. The molecule has 1 aliphatic heterocycles. The first kappa shape index (κ1) is 21.8. The number of rotatable bonds is 8. The Balaban J connectivity index is 1.89. The van der Waals surface area contributed by atoms with Crippen LogP contribution in [0.2, 0.25) is 0 Å². The van der Waals surface area contributed by atoms with E-state index in [0.29, 0.717) is 50.1 Å². The molecule has 0 bridgehead atoms. The van der Waals surface area contributed by atoms with Crippen LogP contribution in [0.3, 0.4) is 0 Å². The average Bonchev–Trinajstić information content (AvgIpc) is 3.08. The van der Waals surface area contributed by atoms with Gasteiger partial charge >= 0.3 is 0 Å². The number of aryl methyl sites for hydroxylation is 1. The summed E-state index contributed by atoms with van der Waals surface area (Å²) in [5, 5.41) is 3.12. The minimum atomic E-state index is -3.59. The molecule has 0 radical (unpaired) electrons. The SMILES string of the molecule is C=CCNC(=O)C(C)Sc1nc2cc(S(=O)(=O)N3CCOCC3)ccc2n1CC. The fourth-order valence-electron chi connectivity index (χ4n) is 3.11. The monoisotopic (exact) mass is 438 g/mol. The summed E-state index contributed by atoms with van der Waals surface area (Å²) in [5.74, 6) is -0.0970. The zero-order valence-electron chi connectivity index (χ0n) is 16.6. The van der Waals surface area contributed by atoms with Crippen LogP contribution in [0.15, 0.2) is 40.9 Å². The van der Waals surface area contributed by atoms with Crippen LogP contribution in [0.25, 0.3) is 11.0 Å². The van der Waals surface area contributed by atoms with Crippen molar-refractivity contribution in [3.63, 3.8) is 0 Å². The summed E-state index contributed by atoms with van der Waals surface area (Å²) in [6, 6.07) is 5.01. The van der Waals surface area contributed by atoms with Gasteiger partial charge in [-0.2, -0.15) is 4.31 Å². The topological polar surface area (TPSA) is 93.5 Å². The molecule has 1 aromatic carbocycles. The van der Waals surface area contributed by atoms with Gasteiger partial charge in [-0.15, -0.1) is 6.58 Å². The first-order valence-corrected chi connectivity index (χ1v) is 11.8. The molecule has 0 saturated carbocycles. The van der Waals surface area contributed by atoms with E-state index in [2.05, 4.69) is 16.9 Å². The third-order valence-electron chi connectivity index (χ3n) is 4.68. The van der Waals surface area contributed by atoms with Crippen LogP contribution in [-0.4, -0.2) is 66.3 Å². The van der Waals surface area contributed by atoms with Crippen LogP contribution in [-0.2, 0) is 26.1 Å². The summed E-state index contributed by atoms with van der Waals surface area (Å²) in [6.45, 7) is 9.98. The molecule has 1 fully saturated rings. The van der Waals surface area contributed by atoms with E-state index in [-0.39, 0.29) is 16.1 Å². The number of hydrogen-bond acceptors (Lipinski definition) is 6. The molecule has 29 heavy (non-hydrogen) atoms. The van der Waals surface area contributed by atoms with Gasteiger partial charge < -0.3 is 14.6 Å². The number of carbonyl (C=O) groups excluding carboxylic acids is 1. The van der Waals surface area contributed by atoms with Gasteiger partial charge in [0.25, 0.3) is 0 Å². The number of morpholine rings is 1. The van der Waals surface area contributed by atoms with Crippen molar-refractivity contribution in [2.24, 2.45) is 0 Å². The molecule has 1 amide bonds. The van der Waals surface area contributed by atoms with E-state index in [4.69, 9.17) is 4.74 Å². The summed E-state index contributed by atoms with van der Waals surface area (Å²) in [4.78, 5) is 17.0. The van der Waals surface area contributed by atoms with E-state index in [0.717, 1.165) is 5.52 Å². The van der Waals surface area contributed by atoms with Crippen LogP contribution < -0.4 is 5.32 Å². The first-order valence-electron chi connectivity index (χ1n) is 9.52. The normalized spacial score (nSPS) is 16.6. The standard InChI is InChI=1S/C19H26N4O4S2/c1-4-8-20-18(24)14(3)28-19-21-16-13-15(6-7-17(16)23(19)5-2)29(25,26)22-9-11-27-12-10-22/h4,6-7,13-14H,1,5,8-12H2,2-3H3,(H,20,24). The fourth-order valence-corrected chi connectivity index (χ4v) is 5.55. The predicted molar refractivity (Wildman–Crippen MR) is 114 cm³/mol. The second-order valence-corrected chi connectivity index (χ2v) is 9.85. The van der Waals surface area contributed by atoms with Gasteiger partial charge in [0.15, 0.2) is 5.16 Å². The molecule has 3 rings (SSSR count). The van der Waals surface area contributed by atoms with Crippen molar-refractivity contribution in [1.29, 1.82) is 0 Å². The van der Waals surface area contributed by atoms with Crippen LogP contribution in [0.1, 0.15) is 13.8 Å². The Morgan fingerprint density at radius 1 is 1.41 bits per heavy atom. The van der Waals surface area contributed by atoms with Gasteiger partial charge in [0.05, 0.1) is 34.4 Å². The number of ether oxygens (including phenoxy) is 1. The molecule has 2 aromatic rings. The number of hydrogen-bond donors (Lipinski definition) is 1. The highest BCUT2D eigenvalue weighted by atomic mass is 32.2. The molecule has 0 aliphatic carbocycles. The Labute approximate surface area is 175 Å². The van der Waals surface area contributed by atoms with Crippen LogP contribution >= 0.6 is 11.8 Å². The average molecular weight is 439 g/mol.